The Kier molecular flexibility index (Phi) is 5.90. The van der Waals surface area contributed by atoms with Crippen LogP contribution in [0.15, 0.2) is 33.5 Å². The van der Waals surface area contributed by atoms with Crippen molar-refractivity contribution < 1.29 is 9.52 Å². The highest BCUT2D eigenvalue weighted by atomic mass is 35.5. The fourth-order valence-corrected chi connectivity index (χ4v) is 3.80. The van der Waals surface area contributed by atoms with E-state index >= 15 is 0 Å². The van der Waals surface area contributed by atoms with Gasteiger partial charge in [-0.2, -0.15) is 4.98 Å². The van der Waals surface area contributed by atoms with Crippen LogP contribution in [0.25, 0.3) is 11.5 Å². The van der Waals surface area contributed by atoms with Crippen LogP contribution >= 0.6 is 11.6 Å². The largest absolute Gasteiger partial charge is 0.493 e. The lowest BCUT2D eigenvalue weighted by molar-refractivity contribution is 0.407. The molecule has 4 rings (SSSR count). The van der Waals surface area contributed by atoms with Gasteiger partial charge in [-0.1, -0.05) is 37.1 Å². The van der Waals surface area contributed by atoms with Crippen LogP contribution in [0.1, 0.15) is 62.9 Å². The number of hydrogen-bond acceptors (Lipinski definition) is 6. The number of hydrogen-bond donors (Lipinski definition) is 1. The molecule has 7 nitrogen and oxygen atoms in total. The number of aromatic nitrogens is 4. The van der Waals surface area contributed by atoms with Crippen molar-refractivity contribution >= 4 is 11.6 Å². The maximum absolute atomic E-state index is 13.4. The molecular weight excluding hydrogens is 404 g/mol. The first-order valence-electron chi connectivity index (χ1n) is 10.4. The Morgan fingerprint density at radius 1 is 1.27 bits per heavy atom. The molecule has 0 unspecified atom stereocenters. The maximum Gasteiger partial charge on any atom is 0.270 e. The molecule has 0 spiro atoms. The molecule has 158 valence electrons. The van der Waals surface area contributed by atoms with Crippen molar-refractivity contribution in [2.45, 2.75) is 58.4 Å². The lowest BCUT2D eigenvalue weighted by atomic mass is 10.1. The van der Waals surface area contributed by atoms with Gasteiger partial charge in [0.25, 0.3) is 11.4 Å². The average molecular weight is 429 g/mol. The molecule has 1 atom stereocenters. The van der Waals surface area contributed by atoms with Crippen molar-refractivity contribution in [3.8, 4) is 17.3 Å². The Morgan fingerprint density at radius 3 is 2.67 bits per heavy atom. The van der Waals surface area contributed by atoms with E-state index in [1.165, 1.54) is 0 Å². The van der Waals surface area contributed by atoms with Gasteiger partial charge in [-0.05, 0) is 49.8 Å². The molecule has 0 saturated heterocycles. The zero-order valence-electron chi connectivity index (χ0n) is 17.1. The minimum Gasteiger partial charge on any atom is -0.493 e. The minimum absolute atomic E-state index is 0.00671. The first-order valence-corrected chi connectivity index (χ1v) is 10.8. The molecule has 0 bridgehead atoms. The van der Waals surface area contributed by atoms with Gasteiger partial charge in [-0.3, -0.25) is 9.36 Å². The Hall–Kier alpha value is -2.67. The second-order valence-electron chi connectivity index (χ2n) is 7.89. The highest BCUT2D eigenvalue weighted by Gasteiger charge is 2.33. The third-order valence-corrected chi connectivity index (χ3v) is 5.84. The minimum atomic E-state index is -0.355. The van der Waals surface area contributed by atoms with Crippen molar-refractivity contribution in [2.24, 2.45) is 5.92 Å². The van der Waals surface area contributed by atoms with Crippen LogP contribution in [0.4, 0.5) is 0 Å². The summed E-state index contributed by atoms with van der Waals surface area (Å²) in [6.45, 7) is 4.12. The lowest BCUT2D eigenvalue weighted by Gasteiger charge is -2.19. The predicted molar refractivity (Wildman–Crippen MR) is 114 cm³/mol. The van der Waals surface area contributed by atoms with E-state index in [1.807, 2.05) is 19.1 Å². The van der Waals surface area contributed by atoms with Crippen LogP contribution in [-0.4, -0.2) is 24.9 Å². The van der Waals surface area contributed by atoms with Crippen molar-refractivity contribution in [1.29, 1.82) is 0 Å². The summed E-state index contributed by atoms with van der Waals surface area (Å²) >= 11 is 5.92. The van der Waals surface area contributed by atoms with Crippen molar-refractivity contribution in [3.63, 3.8) is 0 Å². The second-order valence-corrected chi connectivity index (χ2v) is 8.32. The molecular formula is C22H25ClN4O3. The summed E-state index contributed by atoms with van der Waals surface area (Å²) in [5.41, 5.74) is 0.596. The molecule has 1 aromatic carbocycles. The summed E-state index contributed by atoms with van der Waals surface area (Å²) in [7, 11) is 0. The predicted octanol–water partition coefficient (Wildman–Crippen LogP) is 4.56. The molecule has 30 heavy (non-hydrogen) atoms. The van der Waals surface area contributed by atoms with Gasteiger partial charge >= 0.3 is 0 Å². The van der Waals surface area contributed by atoms with Gasteiger partial charge in [-0.15, -0.1) is 10.2 Å². The van der Waals surface area contributed by atoms with Gasteiger partial charge in [-0.25, -0.2) is 0 Å². The smallest absolute Gasteiger partial charge is 0.270 e. The van der Waals surface area contributed by atoms with Crippen LogP contribution in [0.3, 0.4) is 0 Å². The Bertz CT molecular complexity index is 1090. The Morgan fingerprint density at radius 2 is 2.00 bits per heavy atom. The van der Waals surface area contributed by atoms with Crippen LogP contribution < -0.4 is 5.56 Å². The fourth-order valence-electron chi connectivity index (χ4n) is 3.68. The normalized spacial score (nSPS) is 14.8. The number of aromatic hydroxyl groups is 1. The Balaban J connectivity index is 1.70. The van der Waals surface area contributed by atoms with Crippen molar-refractivity contribution in [1.82, 2.24) is 19.7 Å². The molecule has 1 fully saturated rings. The van der Waals surface area contributed by atoms with Gasteiger partial charge in [0.15, 0.2) is 5.56 Å². The standard InChI is InChI=1S/C22H25ClN4O3/c1-3-4-5-17-24-20(28)19(22(29)27(17)13(2)15-8-9-15)21-26-25-18(30-21)12-14-6-10-16(23)11-7-14/h6-7,10-11,13,15,28H,3-5,8-9,12H2,1-2H3/t13-/m0/s1. The van der Waals surface area contributed by atoms with Crippen LogP contribution in [-0.2, 0) is 12.8 Å². The number of aryl methyl sites for hydroxylation is 1. The molecule has 1 aliphatic carbocycles. The molecule has 1 aliphatic rings. The zero-order valence-corrected chi connectivity index (χ0v) is 17.9. The summed E-state index contributed by atoms with van der Waals surface area (Å²) < 4.78 is 7.44. The molecule has 0 radical (unpaired) electrons. The van der Waals surface area contributed by atoms with Gasteiger partial charge in [0.05, 0.1) is 6.42 Å². The Labute approximate surface area is 179 Å². The molecule has 1 saturated carbocycles. The number of unbranched alkanes of at least 4 members (excludes halogenated alkanes) is 1. The van der Waals surface area contributed by atoms with Crippen LogP contribution in [0.5, 0.6) is 5.88 Å². The van der Waals surface area contributed by atoms with Crippen molar-refractivity contribution in [2.75, 3.05) is 0 Å². The van der Waals surface area contributed by atoms with E-state index in [0.29, 0.717) is 35.5 Å². The number of rotatable bonds is 8. The van der Waals surface area contributed by atoms with Crippen LogP contribution in [0.2, 0.25) is 5.02 Å². The van der Waals surface area contributed by atoms with E-state index in [9.17, 15) is 9.90 Å². The van der Waals surface area contributed by atoms with E-state index in [2.05, 4.69) is 22.1 Å². The summed E-state index contributed by atoms with van der Waals surface area (Å²) in [4.78, 5) is 17.7. The SMILES string of the molecule is CCCCc1nc(O)c(-c2nnc(Cc3ccc(Cl)cc3)o2)c(=O)n1[C@@H](C)C1CC1. The first kappa shape index (κ1) is 20.6. The molecule has 1 N–H and O–H groups in total. The van der Waals surface area contributed by atoms with E-state index in [4.69, 9.17) is 16.0 Å². The van der Waals surface area contributed by atoms with Gasteiger partial charge < -0.3 is 9.52 Å². The highest BCUT2D eigenvalue weighted by Crippen LogP contribution is 2.40. The zero-order chi connectivity index (χ0) is 21.3. The third-order valence-electron chi connectivity index (χ3n) is 5.58. The van der Waals surface area contributed by atoms with E-state index in [-0.39, 0.29) is 28.9 Å². The number of nitrogens with zero attached hydrogens (tertiary/aromatic N) is 4. The summed E-state index contributed by atoms with van der Waals surface area (Å²) in [5.74, 6) is 1.07. The van der Waals surface area contributed by atoms with E-state index in [1.54, 1.807) is 16.7 Å². The van der Waals surface area contributed by atoms with Gasteiger partial charge in [0.2, 0.25) is 11.8 Å². The van der Waals surface area contributed by atoms with E-state index in [0.717, 1.165) is 31.2 Å². The average Bonchev–Trinajstić information content (AvgIpc) is 3.48. The first-order chi connectivity index (χ1) is 14.5. The molecule has 2 heterocycles. The molecule has 3 aromatic rings. The highest BCUT2D eigenvalue weighted by molar-refractivity contribution is 6.30. The van der Waals surface area contributed by atoms with Crippen molar-refractivity contribution in [3.05, 3.63) is 56.9 Å². The maximum atomic E-state index is 13.4. The number of halogens is 1. The molecule has 0 amide bonds. The van der Waals surface area contributed by atoms with Crippen LogP contribution in [0, 0.1) is 5.92 Å². The summed E-state index contributed by atoms with van der Waals surface area (Å²) in [5, 5.41) is 19.3. The van der Waals surface area contributed by atoms with Gasteiger partial charge in [0.1, 0.15) is 5.82 Å². The fraction of sp³-hybridized carbons (Fsp3) is 0.455. The molecule has 2 aromatic heterocycles. The van der Waals surface area contributed by atoms with E-state index < -0.39 is 0 Å². The second kappa shape index (κ2) is 8.60. The van der Waals surface area contributed by atoms with Gasteiger partial charge in [0, 0.05) is 17.5 Å². The quantitative estimate of drug-likeness (QED) is 0.565. The topological polar surface area (TPSA) is 94.0 Å². The third kappa shape index (κ3) is 4.26. The molecule has 0 aliphatic heterocycles. The monoisotopic (exact) mass is 428 g/mol. The molecule has 8 heteroatoms. The lowest BCUT2D eigenvalue weighted by Crippen LogP contribution is -2.30. The summed E-state index contributed by atoms with van der Waals surface area (Å²) in [6, 6.07) is 7.34. The number of benzene rings is 1. The summed E-state index contributed by atoms with van der Waals surface area (Å²) in [6.07, 6.45) is 5.12.